The number of phenolic OH excluding ortho intramolecular Hbond substituents is 1. The number of dihydropyridines is 1. The first kappa shape index (κ1) is 35.9. The van der Waals surface area contributed by atoms with Crippen LogP contribution in [0.15, 0.2) is 60.1 Å². The summed E-state index contributed by atoms with van der Waals surface area (Å²) in [6, 6.07) is 9.52. The van der Waals surface area contributed by atoms with Crippen molar-refractivity contribution in [1.82, 2.24) is 10.3 Å². The van der Waals surface area contributed by atoms with Gasteiger partial charge in [-0.2, -0.15) is 0 Å². The smallest absolute Gasteiger partial charge is 0.161 e. The van der Waals surface area contributed by atoms with E-state index in [1.54, 1.807) is 6.07 Å². The van der Waals surface area contributed by atoms with Gasteiger partial charge in [-0.15, -0.1) is 5.92 Å². The van der Waals surface area contributed by atoms with Crippen LogP contribution >= 0.6 is 0 Å². The number of aromatic nitrogens is 1. The number of aryl methyl sites for hydroxylation is 1. The summed E-state index contributed by atoms with van der Waals surface area (Å²) in [7, 11) is 0. The average molecular weight is 660 g/mol. The molecule has 2 aliphatic carbocycles. The highest BCUT2D eigenvalue weighted by Crippen LogP contribution is 2.50. The SMILES string of the molecule is CCC1C#CCC(C(O)CCc2ccc(O)c(OC(CO)CC(C3=CCNC(N)=C3)C3(c4ccc[nH]4)CCCCC3)c2)C(O)CCCC1. The Morgan fingerprint density at radius 3 is 2.65 bits per heavy atom. The number of hydrogen-bond donors (Lipinski definition) is 7. The van der Waals surface area contributed by atoms with Gasteiger partial charge in [0.1, 0.15) is 6.10 Å². The van der Waals surface area contributed by atoms with Crippen LogP contribution in [-0.2, 0) is 11.8 Å². The Labute approximate surface area is 286 Å². The van der Waals surface area contributed by atoms with Crippen LogP contribution in [0.25, 0.3) is 0 Å². The molecule has 6 unspecified atom stereocenters. The van der Waals surface area contributed by atoms with Gasteiger partial charge in [0.05, 0.1) is 24.6 Å². The first-order valence-corrected chi connectivity index (χ1v) is 18.3. The number of aliphatic hydroxyl groups excluding tert-OH is 3. The number of rotatable bonds is 13. The fourth-order valence-electron chi connectivity index (χ4n) is 8.25. The lowest BCUT2D eigenvalue weighted by Crippen LogP contribution is -2.42. The Bertz CT molecular complexity index is 1420. The molecule has 1 aromatic carbocycles. The third-order valence-electron chi connectivity index (χ3n) is 11.1. The molecule has 1 aromatic heterocycles. The largest absolute Gasteiger partial charge is 0.504 e. The minimum absolute atomic E-state index is 0.0137. The van der Waals surface area contributed by atoms with E-state index in [2.05, 4.69) is 47.3 Å². The lowest BCUT2D eigenvalue weighted by Gasteiger charge is -2.45. The number of hydrogen-bond acceptors (Lipinski definition) is 7. The molecule has 2 aromatic rings. The first-order chi connectivity index (χ1) is 23.3. The van der Waals surface area contributed by atoms with Crippen LogP contribution < -0.4 is 15.8 Å². The Hall–Kier alpha value is -3.38. The highest BCUT2D eigenvalue weighted by atomic mass is 16.5. The van der Waals surface area contributed by atoms with Gasteiger partial charge in [0.25, 0.3) is 0 Å². The summed E-state index contributed by atoms with van der Waals surface area (Å²) in [5.74, 6) is 7.74. The van der Waals surface area contributed by atoms with E-state index in [1.165, 1.54) is 12.1 Å². The second-order valence-corrected chi connectivity index (χ2v) is 14.3. The van der Waals surface area contributed by atoms with Crippen LogP contribution in [0.5, 0.6) is 11.5 Å². The number of ether oxygens (including phenoxy) is 1. The Morgan fingerprint density at radius 1 is 1.10 bits per heavy atom. The van der Waals surface area contributed by atoms with Crippen molar-refractivity contribution < 1.29 is 25.2 Å². The highest BCUT2D eigenvalue weighted by molar-refractivity contribution is 5.42. The van der Waals surface area contributed by atoms with E-state index in [9.17, 15) is 20.4 Å². The van der Waals surface area contributed by atoms with Crippen molar-refractivity contribution in [1.29, 1.82) is 0 Å². The quantitative estimate of drug-likeness (QED) is 0.131. The normalized spacial score (nSPS) is 24.9. The third-order valence-corrected chi connectivity index (χ3v) is 11.1. The van der Waals surface area contributed by atoms with Crippen molar-refractivity contribution in [3.05, 3.63) is 71.3 Å². The molecule has 0 radical (unpaired) electrons. The van der Waals surface area contributed by atoms with Crippen molar-refractivity contribution in [2.45, 2.75) is 121 Å². The van der Waals surface area contributed by atoms with Gasteiger partial charge < -0.3 is 41.2 Å². The van der Waals surface area contributed by atoms with Crippen molar-refractivity contribution in [3.63, 3.8) is 0 Å². The molecule has 262 valence electrons. The zero-order valence-electron chi connectivity index (χ0n) is 28.7. The summed E-state index contributed by atoms with van der Waals surface area (Å²) >= 11 is 0. The summed E-state index contributed by atoms with van der Waals surface area (Å²) in [6.07, 6.45) is 16.7. The fourth-order valence-corrected chi connectivity index (χ4v) is 8.25. The molecule has 2 heterocycles. The van der Waals surface area contributed by atoms with Crippen molar-refractivity contribution in [2.24, 2.45) is 23.5 Å². The maximum atomic E-state index is 11.2. The zero-order valence-corrected chi connectivity index (χ0v) is 28.7. The van der Waals surface area contributed by atoms with E-state index in [0.29, 0.717) is 56.1 Å². The summed E-state index contributed by atoms with van der Waals surface area (Å²) < 4.78 is 6.43. The van der Waals surface area contributed by atoms with Crippen LogP contribution in [-0.4, -0.2) is 56.9 Å². The Balaban J connectivity index is 1.31. The zero-order chi connectivity index (χ0) is 33.9. The van der Waals surface area contributed by atoms with Crippen molar-refractivity contribution in [3.8, 4) is 23.3 Å². The van der Waals surface area contributed by atoms with Gasteiger partial charge in [0.2, 0.25) is 0 Å². The summed E-state index contributed by atoms with van der Waals surface area (Å²) in [6.45, 7) is 2.61. The minimum Gasteiger partial charge on any atom is -0.504 e. The average Bonchev–Trinajstić information content (AvgIpc) is 3.66. The number of aromatic amines is 1. The molecule has 0 bridgehead atoms. The molecular weight excluding hydrogens is 602 g/mol. The van der Waals surface area contributed by atoms with Crippen LogP contribution in [0, 0.1) is 29.6 Å². The molecule has 6 atom stereocenters. The van der Waals surface area contributed by atoms with Gasteiger partial charge in [0.15, 0.2) is 11.5 Å². The number of nitrogens with one attached hydrogen (secondary N) is 2. The molecule has 0 saturated heterocycles. The second kappa shape index (κ2) is 17.3. The number of benzene rings is 1. The van der Waals surface area contributed by atoms with Crippen molar-refractivity contribution in [2.75, 3.05) is 13.2 Å². The van der Waals surface area contributed by atoms with Gasteiger partial charge in [-0.1, -0.05) is 57.1 Å². The highest BCUT2D eigenvalue weighted by Gasteiger charge is 2.44. The van der Waals surface area contributed by atoms with E-state index in [1.807, 2.05) is 24.4 Å². The maximum Gasteiger partial charge on any atom is 0.161 e. The van der Waals surface area contributed by atoms with Crippen LogP contribution in [0.4, 0.5) is 0 Å². The molecule has 48 heavy (non-hydrogen) atoms. The minimum atomic E-state index is -0.698. The molecule has 8 nitrogen and oxygen atoms in total. The molecular formula is C40H57N3O5. The van der Waals surface area contributed by atoms with Gasteiger partial charge in [-0.3, -0.25) is 0 Å². The fraction of sp³-hybridized carbons (Fsp3) is 0.600. The van der Waals surface area contributed by atoms with Crippen LogP contribution in [0.3, 0.4) is 0 Å². The monoisotopic (exact) mass is 659 g/mol. The Kier molecular flexibility index (Phi) is 13.0. The van der Waals surface area contributed by atoms with Crippen molar-refractivity contribution >= 4 is 0 Å². The molecule has 1 aliphatic heterocycles. The van der Waals surface area contributed by atoms with Crippen LogP contribution in [0.1, 0.15) is 102 Å². The van der Waals surface area contributed by atoms with E-state index in [-0.39, 0.29) is 29.6 Å². The predicted molar refractivity (Wildman–Crippen MR) is 190 cm³/mol. The van der Waals surface area contributed by atoms with E-state index in [0.717, 1.165) is 62.5 Å². The number of nitrogens with two attached hydrogens (primary N) is 1. The second-order valence-electron chi connectivity index (χ2n) is 14.3. The molecule has 8 heteroatoms. The molecule has 0 spiro atoms. The molecule has 0 amide bonds. The molecule has 5 rings (SSSR count). The lowest BCUT2D eigenvalue weighted by atomic mass is 9.60. The number of aromatic hydroxyl groups is 1. The summed E-state index contributed by atoms with van der Waals surface area (Å²) in [5, 5.41) is 46.9. The van der Waals surface area contributed by atoms with E-state index >= 15 is 0 Å². The summed E-state index contributed by atoms with van der Waals surface area (Å²) in [4.78, 5) is 3.52. The topological polar surface area (TPSA) is 144 Å². The predicted octanol–water partition coefficient (Wildman–Crippen LogP) is 5.96. The Morgan fingerprint density at radius 2 is 1.92 bits per heavy atom. The van der Waals surface area contributed by atoms with Gasteiger partial charge in [-0.25, -0.2) is 0 Å². The standard InChI is InChI=1S/C40H57N3O5/c1-2-28-10-4-5-13-34(45)32(12-8-11-28)35(46)17-15-29-16-18-36(47)37(24-29)48-31(27-44)26-33(30-19-23-43-39(41)25-30)40(20-6-3-7-21-40)38-14-9-22-42-38/h9,14,16,18-19,22,24-25,28,31-35,42-47H,2-7,10,12-13,15,17,20-21,23,26-27,41H2,1H3. The number of aliphatic hydroxyl groups is 3. The van der Waals surface area contributed by atoms with Gasteiger partial charge in [-0.05, 0) is 98.8 Å². The third kappa shape index (κ3) is 8.99. The number of H-pyrrole nitrogens is 1. The number of phenols is 1. The van der Waals surface area contributed by atoms with Gasteiger partial charge >= 0.3 is 0 Å². The van der Waals surface area contributed by atoms with Gasteiger partial charge in [0, 0.05) is 42.1 Å². The maximum absolute atomic E-state index is 11.2. The molecule has 3 aliphatic rings. The summed E-state index contributed by atoms with van der Waals surface area (Å²) in [5.41, 5.74) is 9.38. The number of allylic oxidation sites excluding steroid dienone is 2. The van der Waals surface area contributed by atoms with E-state index < -0.39 is 18.3 Å². The lowest BCUT2D eigenvalue weighted by molar-refractivity contribution is 0.00559. The van der Waals surface area contributed by atoms with E-state index in [4.69, 9.17) is 10.5 Å². The molecule has 8 N–H and O–H groups in total. The van der Waals surface area contributed by atoms with Crippen LogP contribution in [0.2, 0.25) is 0 Å². The molecule has 1 fully saturated rings. The first-order valence-electron chi connectivity index (χ1n) is 18.3. The molecule has 1 saturated carbocycles.